The monoisotopic (exact) mass is 153 g/mol. The first-order chi connectivity index (χ1) is 4.48. The molecule has 0 radical (unpaired) electrons. The van der Waals surface area contributed by atoms with Crippen molar-refractivity contribution in [2.24, 2.45) is 5.73 Å². The summed E-state index contributed by atoms with van der Waals surface area (Å²) in [7, 11) is 0. The molecule has 0 aromatic carbocycles. The van der Waals surface area contributed by atoms with Crippen LogP contribution < -0.4 is 5.73 Å². The maximum absolute atomic E-state index is 11.3. The first-order valence-electron chi connectivity index (χ1n) is 2.46. The first kappa shape index (κ1) is 9.16. The van der Waals surface area contributed by atoms with E-state index in [1.54, 1.807) is 0 Å². The topological polar surface area (TPSA) is 43.1 Å². The fourth-order valence-electron chi connectivity index (χ4n) is 0.270. The molecular formula is C5H6F3NO. The average molecular weight is 153 g/mol. The number of ketones is 1. The van der Waals surface area contributed by atoms with Gasteiger partial charge >= 0.3 is 6.18 Å². The number of rotatable bonds is 2. The molecule has 2 nitrogen and oxygen atoms in total. The van der Waals surface area contributed by atoms with Gasteiger partial charge in [0, 0.05) is 6.54 Å². The zero-order chi connectivity index (χ0) is 8.20. The third kappa shape index (κ3) is 3.24. The minimum Gasteiger partial charge on any atom is -0.327 e. The number of carbonyl (C=O) groups excluding carboxylic acids is 1. The summed E-state index contributed by atoms with van der Waals surface area (Å²) >= 11 is 0. The molecule has 10 heavy (non-hydrogen) atoms. The molecule has 0 rings (SSSR count). The fourth-order valence-corrected chi connectivity index (χ4v) is 0.270. The predicted molar refractivity (Wildman–Crippen MR) is 29.3 cm³/mol. The van der Waals surface area contributed by atoms with Gasteiger partial charge in [-0.25, -0.2) is 0 Å². The van der Waals surface area contributed by atoms with E-state index in [0.29, 0.717) is 6.08 Å². The third-order valence-corrected chi connectivity index (χ3v) is 0.685. The number of allylic oxidation sites excluding steroid dienone is 1. The number of hydrogen-bond acceptors (Lipinski definition) is 2. The van der Waals surface area contributed by atoms with Gasteiger partial charge in [0.2, 0.25) is 0 Å². The van der Waals surface area contributed by atoms with Crippen molar-refractivity contribution in [2.75, 3.05) is 6.54 Å². The second kappa shape index (κ2) is 3.36. The molecule has 0 unspecified atom stereocenters. The van der Waals surface area contributed by atoms with E-state index in [1.165, 1.54) is 0 Å². The summed E-state index contributed by atoms with van der Waals surface area (Å²) in [6, 6.07) is 0. The Hall–Kier alpha value is -0.840. The Labute approximate surface area is 55.5 Å². The predicted octanol–water partition coefficient (Wildman–Crippen LogP) is 0.633. The quantitative estimate of drug-likeness (QED) is 0.591. The van der Waals surface area contributed by atoms with Crippen molar-refractivity contribution in [1.82, 2.24) is 0 Å². The number of alkyl halides is 3. The molecule has 0 spiro atoms. The zero-order valence-corrected chi connectivity index (χ0v) is 4.98. The van der Waals surface area contributed by atoms with Crippen LogP contribution >= 0.6 is 0 Å². The van der Waals surface area contributed by atoms with E-state index in [1.807, 2.05) is 0 Å². The maximum atomic E-state index is 11.3. The smallest absolute Gasteiger partial charge is 0.327 e. The summed E-state index contributed by atoms with van der Waals surface area (Å²) < 4.78 is 34.0. The van der Waals surface area contributed by atoms with Crippen LogP contribution in [0.1, 0.15) is 0 Å². The Morgan fingerprint density at radius 3 is 2.30 bits per heavy atom. The van der Waals surface area contributed by atoms with Crippen LogP contribution in [0.15, 0.2) is 12.2 Å². The lowest BCUT2D eigenvalue weighted by Crippen LogP contribution is -2.20. The van der Waals surface area contributed by atoms with Crippen molar-refractivity contribution in [3.63, 3.8) is 0 Å². The minimum atomic E-state index is -4.77. The van der Waals surface area contributed by atoms with E-state index >= 15 is 0 Å². The molecule has 0 aromatic rings. The third-order valence-electron chi connectivity index (χ3n) is 0.685. The maximum Gasteiger partial charge on any atom is 0.454 e. The van der Waals surface area contributed by atoms with E-state index < -0.39 is 12.0 Å². The Kier molecular flexibility index (Phi) is 3.08. The Balaban J connectivity index is 3.98. The first-order valence-corrected chi connectivity index (χ1v) is 2.46. The number of halogens is 3. The molecule has 0 saturated heterocycles. The van der Waals surface area contributed by atoms with Crippen LogP contribution in [0.3, 0.4) is 0 Å². The molecular weight excluding hydrogens is 147 g/mol. The highest BCUT2D eigenvalue weighted by atomic mass is 19.4. The summed E-state index contributed by atoms with van der Waals surface area (Å²) in [5.41, 5.74) is 4.81. The molecule has 0 atom stereocenters. The van der Waals surface area contributed by atoms with Crippen molar-refractivity contribution in [3.05, 3.63) is 12.2 Å². The van der Waals surface area contributed by atoms with Gasteiger partial charge in [0.1, 0.15) is 0 Å². The highest BCUT2D eigenvalue weighted by molar-refractivity contribution is 5.94. The van der Waals surface area contributed by atoms with Gasteiger partial charge in [0.05, 0.1) is 0 Å². The molecule has 0 aliphatic heterocycles. The summed E-state index contributed by atoms with van der Waals surface area (Å²) in [4.78, 5) is 9.96. The van der Waals surface area contributed by atoms with Crippen LogP contribution in [0.4, 0.5) is 13.2 Å². The highest BCUT2D eigenvalue weighted by Gasteiger charge is 2.35. The van der Waals surface area contributed by atoms with Gasteiger partial charge in [-0.1, -0.05) is 6.08 Å². The standard InChI is InChI=1S/C5H6F3NO/c6-5(7,8)4(10)2-1-3-9/h1-2H,3,9H2. The lowest BCUT2D eigenvalue weighted by Gasteiger charge is -1.97. The number of nitrogens with two attached hydrogens (primary N) is 1. The van der Waals surface area contributed by atoms with Gasteiger partial charge in [-0.2, -0.15) is 13.2 Å². The molecule has 2 N–H and O–H groups in total. The average Bonchev–Trinajstić information content (AvgIpc) is 1.80. The Morgan fingerprint density at radius 1 is 1.50 bits per heavy atom. The molecule has 0 aromatic heterocycles. The molecule has 0 aliphatic carbocycles. The van der Waals surface area contributed by atoms with Crippen LogP contribution in [-0.4, -0.2) is 18.5 Å². The van der Waals surface area contributed by atoms with Crippen LogP contribution in [0, 0.1) is 0 Å². The summed E-state index contributed by atoms with van der Waals surface area (Å²) in [6.07, 6.45) is -3.40. The van der Waals surface area contributed by atoms with Gasteiger partial charge in [-0.05, 0) is 6.08 Å². The van der Waals surface area contributed by atoms with Gasteiger partial charge < -0.3 is 5.73 Å². The molecule has 0 aliphatic rings. The van der Waals surface area contributed by atoms with E-state index in [-0.39, 0.29) is 6.54 Å². The summed E-state index contributed by atoms with van der Waals surface area (Å²) in [6.45, 7) is -0.0676. The largest absolute Gasteiger partial charge is 0.454 e. The van der Waals surface area contributed by atoms with Crippen LogP contribution in [0.5, 0.6) is 0 Å². The summed E-state index contributed by atoms with van der Waals surface area (Å²) in [5.74, 6) is -1.88. The minimum absolute atomic E-state index is 0.0676. The van der Waals surface area contributed by atoms with E-state index in [4.69, 9.17) is 5.73 Å². The van der Waals surface area contributed by atoms with Gasteiger partial charge in [0.25, 0.3) is 5.78 Å². The van der Waals surface area contributed by atoms with Crippen LogP contribution in [0.25, 0.3) is 0 Å². The second-order valence-corrected chi connectivity index (χ2v) is 1.50. The summed E-state index contributed by atoms with van der Waals surface area (Å²) in [5, 5.41) is 0. The lowest BCUT2D eigenvalue weighted by molar-refractivity contribution is -0.165. The Morgan fingerprint density at radius 2 is 2.00 bits per heavy atom. The van der Waals surface area contributed by atoms with Crippen molar-refractivity contribution in [1.29, 1.82) is 0 Å². The molecule has 0 fully saturated rings. The molecule has 5 heteroatoms. The normalized spacial score (nSPS) is 12.4. The van der Waals surface area contributed by atoms with Crippen molar-refractivity contribution >= 4 is 5.78 Å². The number of hydrogen-bond donors (Lipinski definition) is 1. The van der Waals surface area contributed by atoms with Crippen molar-refractivity contribution < 1.29 is 18.0 Å². The van der Waals surface area contributed by atoms with Crippen molar-refractivity contribution in [2.45, 2.75) is 6.18 Å². The van der Waals surface area contributed by atoms with E-state index in [2.05, 4.69) is 0 Å². The zero-order valence-electron chi connectivity index (χ0n) is 4.98. The molecule has 0 bridgehead atoms. The molecule has 0 heterocycles. The van der Waals surface area contributed by atoms with Gasteiger partial charge in [0.15, 0.2) is 0 Å². The molecule has 58 valence electrons. The van der Waals surface area contributed by atoms with Gasteiger partial charge in [-0.3, -0.25) is 4.79 Å². The highest BCUT2D eigenvalue weighted by Crippen LogP contribution is 2.15. The molecule has 0 amide bonds. The van der Waals surface area contributed by atoms with Crippen molar-refractivity contribution in [3.8, 4) is 0 Å². The van der Waals surface area contributed by atoms with E-state index in [0.717, 1.165) is 6.08 Å². The SMILES string of the molecule is NCC=CC(=O)C(F)(F)F. The van der Waals surface area contributed by atoms with Crippen LogP contribution in [-0.2, 0) is 4.79 Å². The van der Waals surface area contributed by atoms with Crippen LogP contribution in [0.2, 0.25) is 0 Å². The van der Waals surface area contributed by atoms with E-state index in [9.17, 15) is 18.0 Å². The lowest BCUT2D eigenvalue weighted by atomic mass is 10.3. The second-order valence-electron chi connectivity index (χ2n) is 1.50. The Bertz CT molecular complexity index is 149. The fraction of sp³-hybridized carbons (Fsp3) is 0.400. The number of carbonyl (C=O) groups is 1. The molecule has 0 saturated carbocycles. The van der Waals surface area contributed by atoms with Gasteiger partial charge in [-0.15, -0.1) is 0 Å².